The molecule has 0 bridgehead atoms. The molecule has 0 radical (unpaired) electrons. The van der Waals surface area contributed by atoms with Crippen molar-refractivity contribution in [2.24, 2.45) is 0 Å². The van der Waals surface area contributed by atoms with Gasteiger partial charge < -0.3 is 15.2 Å². The van der Waals surface area contributed by atoms with Crippen molar-refractivity contribution in [3.05, 3.63) is 34.9 Å². The van der Waals surface area contributed by atoms with E-state index in [1.807, 2.05) is 32.0 Å². The molecule has 2 N–H and O–H groups in total. The van der Waals surface area contributed by atoms with Gasteiger partial charge in [-0.1, -0.05) is 18.2 Å². The molecule has 1 atom stereocenters. The molecule has 1 amide bonds. The molecule has 0 heterocycles. The summed E-state index contributed by atoms with van der Waals surface area (Å²) in [6.07, 6.45) is 1.68. The summed E-state index contributed by atoms with van der Waals surface area (Å²) in [5.41, 5.74) is 3.15. The average Bonchev–Trinajstić information content (AvgIpc) is 2.22. The van der Waals surface area contributed by atoms with Gasteiger partial charge in [0.1, 0.15) is 6.04 Å². The van der Waals surface area contributed by atoms with Gasteiger partial charge in [-0.15, -0.1) is 0 Å². The van der Waals surface area contributed by atoms with Crippen molar-refractivity contribution in [2.45, 2.75) is 26.3 Å². The van der Waals surface area contributed by atoms with E-state index in [0.29, 0.717) is 0 Å². The van der Waals surface area contributed by atoms with E-state index in [0.717, 1.165) is 16.7 Å². The molecule has 0 aliphatic rings. The smallest absolute Gasteiger partial charge is 0.323 e. The second kappa shape index (κ2) is 5.90. The van der Waals surface area contributed by atoms with Gasteiger partial charge in [-0.2, -0.15) is 6.41 Å². The fourth-order valence-electron chi connectivity index (χ4n) is 1.44. The van der Waals surface area contributed by atoms with Crippen LogP contribution in [0, 0.1) is 13.8 Å². The Balaban J connectivity index is 0.00000256. The third-order valence-electron chi connectivity index (χ3n) is 2.54. The van der Waals surface area contributed by atoms with Crippen LogP contribution in [0.1, 0.15) is 16.7 Å². The molecule has 1 unspecified atom stereocenters. The van der Waals surface area contributed by atoms with E-state index < -0.39 is 12.0 Å². The number of hydrogen-bond donors (Lipinski definition) is 2. The summed E-state index contributed by atoms with van der Waals surface area (Å²) in [5, 5.41) is 11.0. The first-order chi connectivity index (χ1) is 7.54. The van der Waals surface area contributed by atoms with Crippen LogP contribution in [0.2, 0.25) is 0 Å². The molecule has 0 fully saturated rings. The summed E-state index contributed by atoms with van der Waals surface area (Å²) in [6, 6.07) is 4.82. The Morgan fingerprint density at radius 3 is 2.53 bits per heavy atom. The van der Waals surface area contributed by atoms with E-state index in [1.54, 1.807) is 0 Å². The van der Waals surface area contributed by atoms with Gasteiger partial charge in [-0.05, 0) is 30.5 Å². The van der Waals surface area contributed by atoms with Gasteiger partial charge in [0.25, 0.3) is 0 Å². The van der Waals surface area contributed by atoms with E-state index >= 15 is 0 Å². The molecule has 5 heteroatoms. The molecule has 17 heavy (non-hydrogen) atoms. The quantitative estimate of drug-likeness (QED) is 0.491. The molecule has 98 valence electrons. The minimum atomic E-state index is -1.05. The molecule has 0 aliphatic carbocycles. The molecule has 0 spiro atoms. The first kappa shape index (κ1) is 14.2. The molecule has 1 aromatic carbocycles. The van der Waals surface area contributed by atoms with Crippen LogP contribution in [0.25, 0.3) is 0 Å². The standard InChI is InChI=1S/C12H14NO3.Fm/c1-8-3-4-10(5-9(8)2)6-11(12(15)16)13-7-14;/h3-5,11H,6H2,1-2H3,(H,13,14)(H,15,16);/q-1;. The first-order valence-electron chi connectivity index (χ1n) is 4.96. The van der Waals surface area contributed by atoms with E-state index in [9.17, 15) is 9.59 Å². The summed E-state index contributed by atoms with van der Waals surface area (Å²) in [7, 11) is 0. The van der Waals surface area contributed by atoms with E-state index in [2.05, 4.69) is 5.32 Å². The second-order valence-corrected chi connectivity index (χ2v) is 3.76. The van der Waals surface area contributed by atoms with Crippen LogP contribution in [-0.2, 0) is 16.0 Å². The molecule has 0 saturated carbocycles. The van der Waals surface area contributed by atoms with Crippen LogP contribution in [-0.4, -0.2) is 23.5 Å². The Morgan fingerprint density at radius 1 is 1.41 bits per heavy atom. The maximum atomic E-state index is 10.8. The van der Waals surface area contributed by atoms with Gasteiger partial charge in [0.2, 0.25) is 0 Å². The fraction of sp³-hybridized carbons (Fsp3) is 0.333. The molecular formula is C12H14FmNO3-. The third kappa shape index (κ3) is 3.66. The summed E-state index contributed by atoms with van der Waals surface area (Å²) < 4.78 is 0. The van der Waals surface area contributed by atoms with Gasteiger partial charge in [-0.3, -0.25) is 4.79 Å². The number of amides is 1. The number of rotatable bonds is 5. The molecule has 1 rings (SSSR count). The average molecular weight is 477 g/mol. The zero-order valence-electron chi connectivity index (χ0n) is 9.57. The summed E-state index contributed by atoms with van der Waals surface area (Å²) >= 11 is 0. The Labute approximate surface area is 94.3 Å². The number of aliphatic carboxylic acids is 1. The van der Waals surface area contributed by atoms with Gasteiger partial charge in [-0.25, -0.2) is 0 Å². The van der Waals surface area contributed by atoms with Crippen LogP contribution < -0.4 is 5.32 Å². The van der Waals surface area contributed by atoms with Gasteiger partial charge in [0.05, 0.1) is 0 Å². The van der Waals surface area contributed by atoms with Crippen LogP contribution in [0.5, 0.6) is 0 Å². The van der Waals surface area contributed by atoms with E-state index in [1.165, 1.54) is 6.41 Å². The fourth-order valence-corrected chi connectivity index (χ4v) is 1.44. The summed E-state index contributed by atoms with van der Waals surface area (Å²) in [4.78, 5) is 20.9. The van der Waals surface area contributed by atoms with Crippen molar-refractivity contribution in [1.82, 2.24) is 5.32 Å². The molecule has 4 nitrogen and oxygen atoms in total. The van der Waals surface area contributed by atoms with Gasteiger partial charge in [0.15, 0.2) is 0 Å². The SMILES string of the molecule is Cc1ccc(CC(N[C-]=O)C(=O)O)cc1C.[Fm]. The van der Waals surface area contributed by atoms with Crippen molar-refractivity contribution in [3.8, 4) is 0 Å². The van der Waals surface area contributed by atoms with E-state index in [4.69, 9.17) is 5.11 Å². The Bertz CT molecular complexity index is 407. The number of carbonyl (C=O) groups is 1. The first-order valence-corrected chi connectivity index (χ1v) is 4.96. The number of hydrogen-bond acceptors (Lipinski definition) is 2. The Hall–Kier alpha value is -2.84. The number of carbonyl (C=O) groups excluding carboxylic acids is 1. The minimum absolute atomic E-state index is 0. The van der Waals surface area contributed by atoms with Crippen LogP contribution in [0.15, 0.2) is 18.2 Å². The molecule has 0 saturated heterocycles. The van der Waals surface area contributed by atoms with Gasteiger partial charge in [0, 0.05) is 6.42 Å². The van der Waals surface area contributed by atoms with Crippen LogP contribution in [0.4, 0.5) is 0 Å². The largest absolute Gasteiger partial charge is 0.520 e. The zero-order valence-corrected chi connectivity index (χ0v) is 12.0. The predicted octanol–water partition coefficient (Wildman–Crippen LogP) is 0.956. The van der Waals surface area contributed by atoms with Crippen LogP contribution >= 0.6 is 0 Å². The zero-order chi connectivity index (χ0) is 12.1. The van der Waals surface area contributed by atoms with Crippen LogP contribution in [0.3, 0.4) is 0 Å². The monoisotopic (exact) mass is 477 g/mol. The van der Waals surface area contributed by atoms with E-state index in [-0.39, 0.29) is 6.42 Å². The van der Waals surface area contributed by atoms with Crippen molar-refractivity contribution < 1.29 is 14.7 Å². The maximum Gasteiger partial charge on any atom is 0.323 e. The topological polar surface area (TPSA) is 66.4 Å². The molecular weight excluding hydrogens is 463 g/mol. The third-order valence-corrected chi connectivity index (χ3v) is 2.54. The Kier molecular flexibility index (Phi) is 4.91. The van der Waals surface area contributed by atoms with Gasteiger partial charge >= 0.3 is 5.97 Å². The summed E-state index contributed by atoms with van der Waals surface area (Å²) in [5.74, 6) is -1.05. The number of aryl methyl sites for hydroxylation is 2. The van der Waals surface area contributed by atoms with Crippen molar-refractivity contribution in [3.63, 3.8) is 0 Å². The normalized spacial score (nSPS) is 11.2. The Morgan fingerprint density at radius 2 is 2.06 bits per heavy atom. The number of carboxylic acids is 1. The molecule has 0 aliphatic heterocycles. The number of benzene rings is 1. The van der Waals surface area contributed by atoms with Crippen molar-refractivity contribution >= 4 is 12.4 Å². The molecule has 0 aromatic heterocycles. The number of carboxylic acid groups (broad SMARTS) is 1. The molecule has 1 aromatic rings. The van der Waals surface area contributed by atoms with Crippen molar-refractivity contribution in [1.29, 1.82) is 0 Å². The predicted molar refractivity (Wildman–Crippen MR) is 59.9 cm³/mol. The van der Waals surface area contributed by atoms with Crippen molar-refractivity contribution in [2.75, 3.05) is 0 Å². The minimum Gasteiger partial charge on any atom is -0.520 e. The maximum absolute atomic E-state index is 10.8. The number of nitrogens with one attached hydrogen (secondary N) is 1. The second-order valence-electron chi connectivity index (χ2n) is 3.76. The summed E-state index contributed by atoms with van der Waals surface area (Å²) in [6.45, 7) is 3.96.